The van der Waals surface area contributed by atoms with Crippen LogP contribution in [-0.4, -0.2) is 54.7 Å². The monoisotopic (exact) mass is 459 g/mol. The first-order valence-electron chi connectivity index (χ1n) is 10.8. The van der Waals surface area contributed by atoms with Gasteiger partial charge in [0.1, 0.15) is 15.3 Å². The van der Waals surface area contributed by atoms with Crippen molar-refractivity contribution in [2.24, 2.45) is 0 Å². The zero-order valence-corrected chi connectivity index (χ0v) is 18.8. The predicted molar refractivity (Wildman–Crippen MR) is 119 cm³/mol. The van der Waals surface area contributed by atoms with Crippen LogP contribution >= 0.6 is 11.3 Å². The van der Waals surface area contributed by atoms with Gasteiger partial charge in [0, 0.05) is 32.1 Å². The predicted octanol–water partition coefficient (Wildman–Crippen LogP) is 4.08. The number of rotatable bonds is 4. The van der Waals surface area contributed by atoms with Gasteiger partial charge in [-0.2, -0.15) is 4.31 Å². The minimum atomic E-state index is -3.63. The van der Waals surface area contributed by atoms with E-state index in [1.807, 2.05) is 24.3 Å². The van der Waals surface area contributed by atoms with Crippen LogP contribution in [0.1, 0.15) is 53.6 Å². The van der Waals surface area contributed by atoms with Crippen molar-refractivity contribution in [3.8, 4) is 0 Å². The summed E-state index contributed by atoms with van der Waals surface area (Å²) in [7, 11) is -3.63. The number of amides is 1. The molecule has 1 aromatic carbocycles. The van der Waals surface area contributed by atoms with E-state index < -0.39 is 10.0 Å². The highest BCUT2D eigenvalue weighted by Crippen LogP contribution is 2.33. The largest absolute Gasteiger partial charge is 0.440 e. The summed E-state index contributed by atoms with van der Waals surface area (Å²) in [5, 5.41) is 1.70. The molecule has 2 aliphatic heterocycles. The Balaban J connectivity index is 1.29. The number of sulfonamides is 1. The van der Waals surface area contributed by atoms with Crippen LogP contribution in [0.25, 0.3) is 11.1 Å². The van der Waals surface area contributed by atoms with E-state index in [-0.39, 0.29) is 16.7 Å². The molecule has 0 bridgehead atoms. The van der Waals surface area contributed by atoms with E-state index in [1.54, 1.807) is 16.3 Å². The van der Waals surface area contributed by atoms with E-state index in [4.69, 9.17) is 4.42 Å². The molecule has 2 saturated heterocycles. The first kappa shape index (κ1) is 20.7. The van der Waals surface area contributed by atoms with Crippen LogP contribution in [0.2, 0.25) is 0 Å². The van der Waals surface area contributed by atoms with E-state index >= 15 is 0 Å². The molecule has 0 aliphatic carbocycles. The smallest absolute Gasteiger partial charge is 0.265 e. The van der Waals surface area contributed by atoms with Crippen LogP contribution < -0.4 is 0 Å². The van der Waals surface area contributed by atoms with Crippen molar-refractivity contribution in [3.05, 3.63) is 46.5 Å². The molecular weight excluding hydrogens is 434 g/mol. The molecule has 2 aromatic heterocycles. The van der Waals surface area contributed by atoms with Gasteiger partial charge in [-0.3, -0.25) is 4.79 Å². The molecule has 0 unspecified atom stereocenters. The summed E-state index contributed by atoms with van der Waals surface area (Å²) >= 11 is 1.21. The quantitative estimate of drug-likeness (QED) is 0.587. The minimum Gasteiger partial charge on any atom is -0.440 e. The molecule has 0 spiro atoms. The summed E-state index contributed by atoms with van der Waals surface area (Å²) in [5.74, 6) is 0.690. The molecule has 3 aromatic rings. The van der Waals surface area contributed by atoms with Gasteiger partial charge < -0.3 is 9.32 Å². The lowest BCUT2D eigenvalue weighted by Crippen LogP contribution is -2.39. The third-order valence-corrected chi connectivity index (χ3v) is 9.17. The molecule has 2 aliphatic rings. The summed E-state index contributed by atoms with van der Waals surface area (Å²) in [6.07, 6.45) is 4.29. The number of carbonyl (C=O) groups is 1. The molecule has 31 heavy (non-hydrogen) atoms. The first-order valence-corrected chi connectivity index (χ1v) is 13.1. The molecule has 0 saturated carbocycles. The van der Waals surface area contributed by atoms with Crippen molar-refractivity contribution in [1.82, 2.24) is 14.2 Å². The number of piperidine rings is 2. The number of thiophene rings is 1. The lowest BCUT2D eigenvalue weighted by atomic mass is 9.96. The molecule has 5 rings (SSSR count). The Hall–Kier alpha value is -2.23. The zero-order valence-electron chi connectivity index (χ0n) is 17.2. The van der Waals surface area contributed by atoms with E-state index in [2.05, 4.69) is 4.98 Å². The van der Waals surface area contributed by atoms with E-state index in [0.29, 0.717) is 31.1 Å². The van der Waals surface area contributed by atoms with Crippen molar-refractivity contribution in [3.63, 3.8) is 0 Å². The van der Waals surface area contributed by atoms with Crippen molar-refractivity contribution < 1.29 is 17.6 Å². The molecule has 2 fully saturated rings. The number of carbonyl (C=O) groups excluding carboxylic acids is 1. The van der Waals surface area contributed by atoms with Crippen molar-refractivity contribution in [2.75, 3.05) is 26.2 Å². The third kappa shape index (κ3) is 3.90. The van der Waals surface area contributed by atoms with Gasteiger partial charge in [0.05, 0.1) is 0 Å². The Morgan fingerprint density at radius 1 is 1.03 bits per heavy atom. The molecular formula is C22H25N3O4S2. The van der Waals surface area contributed by atoms with Crippen LogP contribution in [0.15, 0.2) is 45.0 Å². The fourth-order valence-corrected chi connectivity index (χ4v) is 7.32. The molecule has 1 amide bonds. The fourth-order valence-electron chi connectivity index (χ4n) is 4.44. The molecule has 0 atom stereocenters. The van der Waals surface area contributed by atoms with Crippen molar-refractivity contribution >= 4 is 38.4 Å². The Kier molecular flexibility index (Phi) is 5.58. The molecule has 9 heteroatoms. The van der Waals surface area contributed by atoms with Gasteiger partial charge in [0.25, 0.3) is 5.91 Å². The van der Waals surface area contributed by atoms with Crippen molar-refractivity contribution in [1.29, 1.82) is 0 Å². The van der Waals surface area contributed by atoms with Crippen LogP contribution in [0.3, 0.4) is 0 Å². The number of fused-ring (bicyclic) bond motifs is 1. The number of para-hydroxylation sites is 2. The standard InChI is InChI=1S/C22H25N3O4S2/c26-22(20-19(10-15-30-20)31(27,28)25-11-4-1-5-12-25)24-13-8-16(9-14-24)21-23-17-6-2-3-7-18(17)29-21/h2-3,6-7,10,15-16H,1,4-5,8-9,11-14H2. The number of benzene rings is 1. The first-order chi connectivity index (χ1) is 15.0. The van der Waals surface area contributed by atoms with Gasteiger partial charge in [-0.1, -0.05) is 18.6 Å². The van der Waals surface area contributed by atoms with Crippen LogP contribution in [0.5, 0.6) is 0 Å². The Morgan fingerprint density at radius 2 is 1.77 bits per heavy atom. The maximum Gasteiger partial charge on any atom is 0.265 e. The molecule has 7 nitrogen and oxygen atoms in total. The Bertz CT molecular complexity index is 1150. The normalized spacial score (nSPS) is 19.2. The molecule has 4 heterocycles. The third-order valence-electron chi connectivity index (χ3n) is 6.20. The maximum absolute atomic E-state index is 13.2. The Morgan fingerprint density at radius 3 is 2.52 bits per heavy atom. The molecule has 0 N–H and O–H groups in total. The summed E-state index contributed by atoms with van der Waals surface area (Å²) in [4.78, 5) is 20.1. The number of hydrogen-bond acceptors (Lipinski definition) is 6. The number of hydrogen-bond donors (Lipinski definition) is 0. The van der Waals surface area contributed by atoms with Gasteiger partial charge in [-0.05, 0) is 49.3 Å². The topological polar surface area (TPSA) is 83.7 Å². The lowest BCUT2D eigenvalue weighted by molar-refractivity contribution is 0.0708. The highest BCUT2D eigenvalue weighted by Gasteiger charge is 2.34. The van der Waals surface area contributed by atoms with Gasteiger partial charge in [0.15, 0.2) is 11.5 Å². The van der Waals surface area contributed by atoms with Crippen LogP contribution in [0.4, 0.5) is 0 Å². The highest BCUT2D eigenvalue weighted by molar-refractivity contribution is 7.89. The minimum absolute atomic E-state index is 0.158. The summed E-state index contributed by atoms with van der Waals surface area (Å²) in [6.45, 7) is 2.18. The number of likely N-dealkylation sites (tertiary alicyclic amines) is 1. The summed E-state index contributed by atoms with van der Waals surface area (Å²) < 4.78 is 33.7. The second kappa shape index (κ2) is 8.37. The second-order valence-electron chi connectivity index (χ2n) is 8.17. The number of nitrogens with zero attached hydrogens (tertiary/aromatic N) is 3. The van der Waals surface area contributed by atoms with Gasteiger partial charge in [-0.25, -0.2) is 13.4 Å². The van der Waals surface area contributed by atoms with Gasteiger partial charge in [-0.15, -0.1) is 11.3 Å². The fraction of sp³-hybridized carbons (Fsp3) is 0.455. The van der Waals surface area contributed by atoms with E-state index in [1.165, 1.54) is 15.6 Å². The van der Waals surface area contributed by atoms with Crippen molar-refractivity contribution in [2.45, 2.75) is 42.9 Å². The molecule has 0 radical (unpaired) electrons. The molecule has 164 valence electrons. The average Bonchev–Trinajstić information content (AvgIpc) is 3.47. The second-order valence-corrected chi connectivity index (χ2v) is 11.0. The van der Waals surface area contributed by atoms with Gasteiger partial charge >= 0.3 is 0 Å². The highest BCUT2D eigenvalue weighted by atomic mass is 32.2. The number of aromatic nitrogens is 1. The number of oxazole rings is 1. The maximum atomic E-state index is 13.2. The average molecular weight is 460 g/mol. The SMILES string of the molecule is O=C(c1sccc1S(=O)(=O)N1CCCCC1)N1CCC(c2nc3ccccc3o2)CC1. The van der Waals surface area contributed by atoms with Crippen LogP contribution in [-0.2, 0) is 10.0 Å². The summed E-state index contributed by atoms with van der Waals surface area (Å²) in [5.41, 5.74) is 1.63. The zero-order chi connectivity index (χ0) is 21.4. The lowest BCUT2D eigenvalue weighted by Gasteiger charge is -2.31. The summed E-state index contributed by atoms with van der Waals surface area (Å²) in [6, 6.07) is 9.28. The Labute approximate surface area is 185 Å². The van der Waals surface area contributed by atoms with E-state index in [0.717, 1.165) is 49.1 Å². The van der Waals surface area contributed by atoms with Crippen LogP contribution in [0, 0.1) is 0 Å². The van der Waals surface area contributed by atoms with Gasteiger partial charge in [0.2, 0.25) is 10.0 Å². The van der Waals surface area contributed by atoms with E-state index in [9.17, 15) is 13.2 Å².